The molecule has 5 nitrogen and oxygen atoms in total. The highest BCUT2D eigenvalue weighted by atomic mass is 19.4. The summed E-state index contributed by atoms with van der Waals surface area (Å²) in [5, 5.41) is 10.6. The van der Waals surface area contributed by atoms with Crippen molar-refractivity contribution < 1.29 is 22.9 Å². The maximum absolute atomic E-state index is 12.4. The van der Waals surface area contributed by atoms with Crippen LogP contribution in [0.15, 0.2) is 36.9 Å². The van der Waals surface area contributed by atoms with Crippen LogP contribution in [0.4, 0.5) is 18.9 Å². The molecule has 0 aliphatic heterocycles. The van der Waals surface area contributed by atoms with Gasteiger partial charge in [0, 0.05) is 24.2 Å². The van der Waals surface area contributed by atoms with Gasteiger partial charge in [0.2, 0.25) is 0 Å². The molecule has 8 heteroatoms. The standard InChI is InChI=1S/C12H11F3N2O3/c1-2-6-16(8-12(13,14)15)11(18)9-4-3-5-10(7-9)17(19)20/h2-5,7H,1,6,8H2. The van der Waals surface area contributed by atoms with E-state index >= 15 is 0 Å². The Bertz CT molecular complexity index is 529. The van der Waals surface area contributed by atoms with Crippen LogP contribution >= 0.6 is 0 Å². The van der Waals surface area contributed by atoms with Crippen LogP contribution in [0.1, 0.15) is 10.4 Å². The number of hydrogen-bond acceptors (Lipinski definition) is 3. The van der Waals surface area contributed by atoms with Crippen molar-refractivity contribution in [3.05, 3.63) is 52.6 Å². The molecule has 0 aromatic heterocycles. The Labute approximate surface area is 112 Å². The quantitative estimate of drug-likeness (QED) is 0.475. The molecular formula is C12H11F3N2O3. The first-order valence-corrected chi connectivity index (χ1v) is 5.46. The number of rotatable bonds is 5. The van der Waals surface area contributed by atoms with Crippen molar-refractivity contribution in [3.63, 3.8) is 0 Å². The van der Waals surface area contributed by atoms with E-state index in [-0.39, 0.29) is 17.8 Å². The average Bonchev–Trinajstić information content (AvgIpc) is 2.36. The Balaban J connectivity index is 3.02. The van der Waals surface area contributed by atoms with Crippen molar-refractivity contribution in [3.8, 4) is 0 Å². The lowest BCUT2D eigenvalue weighted by molar-refractivity contribution is -0.384. The van der Waals surface area contributed by atoms with Crippen molar-refractivity contribution >= 4 is 11.6 Å². The predicted molar refractivity (Wildman–Crippen MR) is 65.3 cm³/mol. The van der Waals surface area contributed by atoms with Crippen molar-refractivity contribution in [2.45, 2.75) is 6.18 Å². The molecule has 1 rings (SSSR count). The van der Waals surface area contributed by atoms with Crippen molar-refractivity contribution in [1.29, 1.82) is 0 Å². The fourth-order valence-corrected chi connectivity index (χ4v) is 1.53. The van der Waals surface area contributed by atoms with E-state index in [1.165, 1.54) is 12.1 Å². The van der Waals surface area contributed by atoms with Crippen LogP contribution in [0.5, 0.6) is 0 Å². The van der Waals surface area contributed by atoms with Gasteiger partial charge in [-0.1, -0.05) is 12.1 Å². The number of carbonyl (C=O) groups is 1. The number of hydrogen-bond donors (Lipinski definition) is 0. The number of carbonyl (C=O) groups excluding carboxylic acids is 1. The summed E-state index contributed by atoms with van der Waals surface area (Å²) >= 11 is 0. The third-order valence-electron chi connectivity index (χ3n) is 2.31. The lowest BCUT2D eigenvalue weighted by Gasteiger charge is -2.22. The number of amides is 1. The lowest BCUT2D eigenvalue weighted by atomic mass is 10.1. The molecule has 20 heavy (non-hydrogen) atoms. The second-order valence-electron chi connectivity index (χ2n) is 3.90. The highest BCUT2D eigenvalue weighted by Gasteiger charge is 2.33. The molecule has 0 aliphatic carbocycles. The summed E-state index contributed by atoms with van der Waals surface area (Å²) in [6.07, 6.45) is -3.40. The molecule has 0 radical (unpaired) electrons. The van der Waals surface area contributed by atoms with Gasteiger partial charge in [-0.15, -0.1) is 6.58 Å². The second-order valence-corrected chi connectivity index (χ2v) is 3.90. The number of non-ortho nitro benzene ring substituents is 1. The molecule has 0 saturated heterocycles. The highest BCUT2D eigenvalue weighted by molar-refractivity contribution is 5.95. The zero-order valence-electron chi connectivity index (χ0n) is 10.3. The van der Waals surface area contributed by atoms with Gasteiger partial charge in [-0.2, -0.15) is 13.2 Å². The van der Waals surface area contributed by atoms with E-state index in [2.05, 4.69) is 6.58 Å². The van der Waals surface area contributed by atoms with Gasteiger partial charge in [-0.05, 0) is 6.07 Å². The Morgan fingerprint density at radius 2 is 2.10 bits per heavy atom. The number of benzene rings is 1. The first-order chi connectivity index (χ1) is 9.24. The predicted octanol–water partition coefficient (Wildman–Crippen LogP) is 2.79. The van der Waals surface area contributed by atoms with Gasteiger partial charge in [0.1, 0.15) is 6.54 Å². The maximum atomic E-state index is 12.4. The second kappa shape index (κ2) is 6.18. The Kier molecular flexibility index (Phi) is 4.84. The number of nitrogens with zero attached hydrogens (tertiary/aromatic N) is 2. The van der Waals surface area contributed by atoms with E-state index in [0.29, 0.717) is 4.90 Å². The smallest absolute Gasteiger partial charge is 0.326 e. The summed E-state index contributed by atoms with van der Waals surface area (Å²) in [4.78, 5) is 22.3. The summed E-state index contributed by atoms with van der Waals surface area (Å²) in [6, 6.07) is 4.56. The first kappa shape index (κ1) is 15.7. The molecule has 0 aliphatic rings. The molecule has 0 atom stereocenters. The van der Waals surface area contributed by atoms with Crippen LogP contribution in [-0.2, 0) is 0 Å². The molecule has 0 saturated carbocycles. The molecule has 0 N–H and O–H groups in total. The summed E-state index contributed by atoms with van der Waals surface area (Å²) in [5.41, 5.74) is -0.535. The first-order valence-electron chi connectivity index (χ1n) is 5.46. The van der Waals surface area contributed by atoms with Crippen LogP contribution in [0.3, 0.4) is 0 Å². The van der Waals surface area contributed by atoms with Gasteiger partial charge >= 0.3 is 6.18 Å². The van der Waals surface area contributed by atoms with Gasteiger partial charge in [0.25, 0.3) is 11.6 Å². The highest BCUT2D eigenvalue weighted by Crippen LogP contribution is 2.20. The van der Waals surface area contributed by atoms with Gasteiger partial charge in [0.05, 0.1) is 4.92 Å². The van der Waals surface area contributed by atoms with Crippen molar-refractivity contribution in [2.24, 2.45) is 0 Å². The van der Waals surface area contributed by atoms with Crippen molar-refractivity contribution in [1.82, 2.24) is 4.90 Å². The van der Waals surface area contributed by atoms with Crippen molar-refractivity contribution in [2.75, 3.05) is 13.1 Å². The Hall–Kier alpha value is -2.38. The van der Waals surface area contributed by atoms with E-state index in [9.17, 15) is 28.1 Å². The molecule has 0 unspecified atom stereocenters. The van der Waals surface area contributed by atoms with E-state index in [0.717, 1.165) is 18.2 Å². The molecule has 0 spiro atoms. The fraction of sp³-hybridized carbons (Fsp3) is 0.250. The minimum absolute atomic E-state index is 0.176. The molecule has 1 aromatic carbocycles. The largest absolute Gasteiger partial charge is 0.406 e. The lowest BCUT2D eigenvalue weighted by Crippen LogP contribution is -2.39. The van der Waals surface area contributed by atoms with Crippen LogP contribution in [0.25, 0.3) is 0 Å². The topological polar surface area (TPSA) is 63.5 Å². The Morgan fingerprint density at radius 3 is 2.60 bits per heavy atom. The summed E-state index contributed by atoms with van der Waals surface area (Å²) in [7, 11) is 0. The van der Waals surface area contributed by atoms with E-state index in [1.54, 1.807) is 0 Å². The zero-order valence-corrected chi connectivity index (χ0v) is 10.3. The van der Waals surface area contributed by atoms with Gasteiger partial charge < -0.3 is 4.90 Å². The fourth-order valence-electron chi connectivity index (χ4n) is 1.53. The number of alkyl halides is 3. The third-order valence-corrected chi connectivity index (χ3v) is 2.31. The van der Waals surface area contributed by atoms with Crippen LogP contribution < -0.4 is 0 Å². The van der Waals surface area contributed by atoms with E-state index in [4.69, 9.17) is 0 Å². The normalized spacial score (nSPS) is 10.9. The van der Waals surface area contributed by atoms with E-state index in [1.807, 2.05) is 0 Å². The minimum atomic E-state index is -4.56. The van der Waals surface area contributed by atoms with E-state index < -0.39 is 23.6 Å². The Morgan fingerprint density at radius 1 is 1.45 bits per heavy atom. The minimum Gasteiger partial charge on any atom is -0.326 e. The van der Waals surface area contributed by atoms with Gasteiger partial charge in [0.15, 0.2) is 0 Å². The van der Waals surface area contributed by atoms with Crippen LogP contribution in [0, 0.1) is 10.1 Å². The molecule has 1 amide bonds. The van der Waals surface area contributed by atoms with Crippen LogP contribution in [0.2, 0.25) is 0 Å². The maximum Gasteiger partial charge on any atom is 0.406 e. The number of halogens is 3. The molecule has 0 bridgehead atoms. The third kappa shape index (κ3) is 4.38. The SMILES string of the molecule is C=CCN(CC(F)(F)F)C(=O)c1cccc([N+](=O)[O-])c1. The van der Waals surface area contributed by atoms with Gasteiger partial charge in [-0.3, -0.25) is 14.9 Å². The summed E-state index contributed by atoms with van der Waals surface area (Å²) < 4.78 is 37.1. The van der Waals surface area contributed by atoms with Gasteiger partial charge in [-0.25, -0.2) is 0 Å². The molecular weight excluding hydrogens is 277 g/mol. The average molecular weight is 288 g/mol. The molecule has 108 valence electrons. The summed E-state index contributed by atoms with van der Waals surface area (Å²) in [6.45, 7) is 1.53. The van der Waals surface area contributed by atoms with Crippen LogP contribution in [-0.4, -0.2) is 35.0 Å². The molecule has 1 aromatic rings. The zero-order chi connectivity index (χ0) is 15.3. The molecule has 0 fully saturated rings. The molecule has 0 heterocycles. The summed E-state index contributed by atoms with van der Waals surface area (Å²) in [5.74, 6) is -0.939. The number of nitro groups is 1. The number of nitro benzene ring substituents is 1. The monoisotopic (exact) mass is 288 g/mol.